The molecule has 0 fully saturated rings. The second-order valence-corrected chi connectivity index (χ2v) is 3.29. The first-order valence-electron chi connectivity index (χ1n) is 5.20. The first-order chi connectivity index (χ1) is 7.79. The lowest BCUT2D eigenvalue weighted by molar-refractivity contribution is 0.0950. The highest BCUT2D eigenvalue weighted by atomic mass is 16.5. The van der Waals surface area contributed by atoms with Crippen LogP contribution in [-0.4, -0.2) is 38.1 Å². The maximum atomic E-state index is 11.7. The van der Waals surface area contributed by atoms with Crippen molar-refractivity contribution in [3.05, 3.63) is 24.0 Å². The molecule has 0 saturated heterocycles. The molecule has 0 atom stereocenters. The van der Waals surface area contributed by atoms with Crippen LogP contribution in [0, 0.1) is 0 Å². The van der Waals surface area contributed by atoms with Gasteiger partial charge in [0.2, 0.25) is 0 Å². The highest BCUT2D eigenvalue weighted by molar-refractivity contribution is 5.96. The topological polar surface area (TPSA) is 63.2 Å². The van der Waals surface area contributed by atoms with Crippen LogP contribution in [0.25, 0.3) is 0 Å². The first-order valence-corrected chi connectivity index (χ1v) is 5.20. The van der Waals surface area contributed by atoms with Crippen LogP contribution < -0.4 is 15.4 Å². The first kappa shape index (κ1) is 12.4. The van der Waals surface area contributed by atoms with Crippen LogP contribution >= 0.6 is 0 Å². The molecule has 0 unspecified atom stereocenters. The Morgan fingerprint density at radius 2 is 2.31 bits per heavy atom. The van der Waals surface area contributed by atoms with E-state index in [9.17, 15) is 4.79 Å². The van der Waals surface area contributed by atoms with E-state index in [4.69, 9.17) is 4.74 Å². The van der Waals surface area contributed by atoms with Crippen LogP contribution in [0.15, 0.2) is 18.5 Å². The smallest absolute Gasteiger partial charge is 0.255 e. The maximum Gasteiger partial charge on any atom is 0.255 e. The molecule has 0 aliphatic carbocycles. The molecule has 5 nitrogen and oxygen atoms in total. The van der Waals surface area contributed by atoms with Crippen molar-refractivity contribution in [2.75, 3.05) is 27.2 Å². The van der Waals surface area contributed by atoms with Crippen molar-refractivity contribution in [3.8, 4) is 5.75 Å². The molecule has 16 heavy (non-hydrogen) atoms. The predicted octanol–water partition coefficient (Wildman–Crippen LogP) is 0.429. The zero-order chi connectivity index (χ0) is 11.8. The van der Waals surface area contributed by atoms with Gasteiger partial charge < -0.3 is 15.4 Å². The predicted molar refractivity (Wildman–Crippen MR) is 61.7 cm³/mol. The van der Waals surface area contributed by atoms with E-state index in [1.807, 2.05) is 7.05 Å². The Balaban J connectivity index is 2.52. The van der Waals surface area contributed by atoms with Crippen LogP contribution in [0.2, 0.25) is 0 Å². The molecule has 0 saturated carbocycles. The number of rotatable bonds is 6. The standard InChI is InChI=1S/C11H17N3O2/c1-12-5-3-6-14-11(15)9-4-7-13-8-10(9)16-2/h4,7-8,12H,3,5-6H2,1-2H3,(H,14,15). The lowest BCUT2D eigenvalue weighted by Crippen LogP contribution is -2.26. The summed E-state index contributed by atoms with van der Waals surface area (Å²) in [6.45, 7) is 1.53. The fourth-order valence-electron chi connectivity index (χ4n) is 1.29. The molecular formula is C11H17N3O2. The molecule has 0 aromatic carbocycles. The minimum absolute atomic E-state index is 0.129. The van der Waals surface area contributed by atoms with E-state index in [0.717, 1.165) is 13.0 Å². The number of carbonyl (C=O) groups excluding carboxylic acids is 1. The Labute approximate surface area is 95.2 Å². The normalized spacial score (nSPS) is 9.88. The lowest BCUT2D eigenvalue weighted by Gasteiger charge is -2.08. The third kappa shape index (κ3) is 3.51. The fourth-order valence-corrected chi connectivity index (χ4v) is 1.29. The van der Waals surface area contributed by atoms with E-state index in [-0.39, 0.29) is 5.91 Å². The summed E-state index contributed by atoms with van der Waals surface area (Å²) >= 11 is 0. The van der Waals surface area contributed by atoms with Gasteiger partial charge in [0.25, 0.3) is 5.91 Å². The Kier molecular flexibility index (Phi) is 5.28. The Morgan fingerprint density at radius 3 is 3.00 bits per heavy atom. The summed E-state index contributed by atoms with van der Waals surface area (Å²) < 4.78 is 5.06. The van der Waals surface area contributed by atoms with Gasteiger partial charge >= 0.3 is 0 Å². The monoisotopic (exact) mass is 223 g/mol. The molecule has 0 radical (unpaired) electrons. The number of nitrogens with one attached hydrogen (secondary N) is 2. The molecule has 1 heterocycles. The van der Waals surface area contributed by atoms with Crippen LogP contribution in [-0.2, 0) is 0 Å². The molecule has 0 aliphatic rings. The average molecular weight is 223 g/mol. The minimum Gasteiger partial charge on any atom is -0.494 e. The second kappa shape index (κ2) is 6.79. The summed E-state index contributed by atoms with van der Waals surface area (Å²) in [4.78, 5) is 15.6. The van der Waals surface area contributed by atoms with Crippen molar-refractivity contribution in [3.63, 3.8) is 0 Å². The van der Waals surface area contributed by atoms with Gasteiger partial charge in [0.05, 0.1) is 18.9 Å². The number of ether oxygens (including phenoxy) is 1. The zero-order valence-electron chi connectivity index (χ0n) is 9.62. The zero-order valence-corrected chi connectivity index (χ0v) is 9.62. The number of hydrogen-bond acceptors (Lipinski definition) is 4. The summed E-state index contributed by atoms with van der Waals surface area (Å²) in [7, 11) is 3.41. The highest BCUT2D eigenvalue weighted by Gasteiger charge is 2.10. The number of methoxy groups -OCH3 is 1. The van der Waals surface area contributed by atoms with Gasteiger partial charge in [-0.1, -0.05) is 0 Å². The lowest BCUT2D eigenvalue weighted by atomic mass is 10.2. The van der Waals surface area contributed by atoms with E-state index in [1.165, 1.54) is 13.3 Å². The minimum atomic E-state index is -0.129. The Hall–Kier alpha value is -1.62. The van der Waals surface area contributed by atoms with Crippen LogP contribution in [0.1, 0.15) is 16.8 Å². The fraction of sp³-hybridized carbons (Fsp3) is 0.455. The van der Waals surface area contributed by atoms with Gasteiger partial charge in [-0.2, -0.15) is 0 Å². The van der Waals surface area contributed by atoms with Crippen molar-refractivity contribution in [2.24, 2.45) is 0 Å². The van der Waals surface area contributed by atoms with Gasteiger partial charge in [0, 0.05) is 12.7 Å². The van der Waals surface area contributed by atoms with E-state index >= 15 is 0 Å². The quantitative estimate of drug-likeness (QED) is 0.686. The summed E-state index contributed by atoms with van der Waals surface area (Å²) in [6, 6.07) is 1.65. The molecule has 88 valence electrons. The summed E-state index contributed by atoms with van der Waals surface area (Å²) in [5, 5.41) is 5.84. The van der Waals surface area contributed by atoms with Gasteiger partial charge in [-0.25, -0.2) is 0 Å². The van der Waals surface area contributed by atoms with Crippen molar-refractivity contribution >= 4 is 5.91 Å². The SMILES string of the molecule is CNCCCNC(=O)c1ccncc1OC. The van der Waals surface area contributed by atoms with Crippen LogP contribution in [0.4, 0.5) is 0 Å². The van der Waals surface area contributed by atoms with Crippen molar-refractivity contribution in [1.82, 2.24) is 15.6 Å². The molecule has 1 aromatic heterocycles. The van der Waals surface area contributed by atoms with E-state index < -0.39 is 0 Å². The third-order valence-corrected chi connectivity index (χ3v) is 2.14. The number of aromatic nitrogens is 1. The molecule has 1 rings (SSSR count). The molecule has 0 spiro atoms. The molecule has 1 amide bonds. The number of pyridine rings is 1. The number of nitrogens with zero attached hydrogens (tertiary/aromatic N) is 1. The van der Waals surface area contributed by atoms with Gasteiger partial charge in [-0.15, -0.1) is 0 Å². The van der Waals surface area contributed by atoms with E-state index in [1.54, 1.807) is 12.3 Å². The molecule has 1 aromatic rings. The van der Waals surface area contributed by atoms with Crippen LogP contribution in [0.3, 0.4) is 0 Å². The number of amides is 1. The van der Waals surface area contributed by atoms with E-state index in [2.05, 4.69) is 15.6 Å². The highest BCUT2D eigenvalue weighted by Crippen LogP contribution is 2.14. The maximum absolute atomic E-state index is 11.7. The molecular weight excluding hydrogens is 206 g/mol. The van der Waals surface area contributed by atoms with Gasteiger partial charge in [-0.05, 0) is 26.1 Å². The third-order valence-electron chi connectivity index (χ3n) is 2.14. The molecule has 2 N–H and O–H groups in total. The summed E-state index contributed by atoms with van der Waals surface area (Å²) in [6.07, 6.45) is 4.00. The second-order valence-electron chi connectivity index (χ2n) is 3.29. The van der Waals surface area contributed by atoms with E-state index in [0.29, 0.717) is 17.9 Å². The van der Waals surface area contributed by atoms with Crippen LogP contribution in [0.5, 0.6) is 5.75 Å². The summed E-state index contributed by atoms with van der Waals surface area (Å²) in [5.74, 6) is 0.365. The Morgan fingerprint density at radius 1 is 1.50 bits per heavy atom. The van der Waals surface area contributed by atoms with Gasteiger partial charge in [-0.3, -0.25) is 9.78 Å². The van der Waals surface area contributed by atoms with Crippen molar-refractivity contribution < 1.29 is 9.53 Å². The molecule has 5 heteroatoms. The average Bonchev–Trinajstić information content (AvgIpc) is 2.34. The van der Waals surface area contributed by atoms with Crippen molar-refractivity contribution in [1.29, 1.82) is 0 Å². The molecule has 0 aliphatic heterocycles. The summed E-state index contributed by atoms with van der Waals surface area (Å²) in [5.41, 5.74) is 0.516. The largest absolute Gasteiger partial charge is 0.494 e. The number of hydrogen-bond donors (Lipinski definition) is 2. The van der Waals surface area contributed by atoms with Gasteiger partial charge in [0.15, 0.2) is 0 Å². The van der Waals surface area contributed by atoms with Gasteiger partial charge in [0.1, 0.15) is 5.75 Å². The Bertz CT molecular complexity index is 342. The van der Waals surface area contributed by atoms with Crippen molar-refractivity contribution in [2.45, 2.75) is 6.42 Å². The molecule has 0 bridgehead atoms. The number of carbonyl (C=O) groups is 1.